The molecule has 0 heterocycles. The lowest BCUT2D eigenvalue weighted by molar-refractivity contribution is -0.111. The van der Waals surface area contributed by atoms with Gasteiger partial charge in [-0.3, -0.25) is 4.79 Å². The highest BCUT2D eigenvalue weighted by atomic mass is 35.5. The molecule has 0 saturated carbocycles. The van der Waals surface area contributed by atoms with Crippen LogP contribution in [0.2, 0.25) is 10.0 Å². The highest BCUT2D eigenvalue weighted by Crippen LogP contribution is 2.28. The fourth-order valence-electron chi connectivity index (χ4n) is 2.89. The second-order valence-corrected chi connectivity index (χ2v) is 8.31. The van der Waals surface area contributed by atoms with Crippen molar-refractivity contribution in [2.45, 2.75) is 57.8 Å². The number of hydrogen-bond donors (Lipinski definition) is 0. The topological polar surface area (TPSA) is 51.0 Å². The zero-order valence-electron chi connectivity index (χ0n) is 17.0. The molecule has 0 radical (unpaired) electrons. The van der Waals surface area contributed by atoms with Crippen molar-refractivity contribution in [3.05, 3.63) is 52.5 Å². The molecule has 0 amide bonds. The predicted molar refractivity (Wildman–Crippen MR) is 125 cm³/mol. The van der Waals surface area contributed by atoms with E-state index in [1.165, 1.54) is 25.7 Å². The third kappa shape index (κ3) is 10.4. The van der Waals surface area contributed by atoms with Crippen molar-refractivity contribution in [2.75, 3.05) is 6.61 Å². The summed E-state index contributed by atoms with van der Waals surface area (Å²) in [6, 6.07) is 12.7. The molecular weight excluding hydrogens is 443 g/mol. The number of ether oxygens (including phenoxy) is 1. The number of benzene rings is 2. The van der Waals surface area contributed by atoms with Gasteiger partial charge >= 0.3 is 0 Å². The Kier molecular flexibility index (Phi) is 11.8. The lowest BCUT2D eigenvalue weighted by atomic mass is 10.1. The highest BCUT2D eigenvalue weighted by Gasteiger charge is 2.00. The van der Waals surface area contributed by atoms with Crippen LogP contribution in [0.25, 0.3) is 0 Å². The van der Waals surface area contributed by atoms with E-state index in [9.17, 15) is 4.79 Å². The van der Waals surface area contributed by atoms with Crippen LogP contribution in [0.4, 0.5) is 11.4 Å². The summed E-state index contributed by atoms with van der Waals surface area (Å²) in [6.45, 7) is 0.710. The lowest BCUT2D eigenvalue weighted by Crippen LogP contribution is -1.96. The van der Waals surface area contributed by atoms with Gasteiger partial charge in [0.1, 0.15) is 5.75 Å². The van der Waals surface area contributed by atoms with Crippen molar-refractivity contribution in [2.24, 2.45) is 10.2 Å². The van der Waals surface area contributed by atoms with E-state index in [-0.39, 0.29) is 5.24 Å². The third-order valence-corrected chi connectivity index (χ3v) is 5.49. The van der Waals surface area contributed by atoms with Gasteiger partial charge in [-0.15, -0.1) is 0 Å². The maximum Gasteiger partial charge on any atom is 0.221 e. The lowest BCUT2D eigenvalue weighted by Gasteiger charge is -2.06. The second kappa shape index (κ2) is 14.4. The number of azo groups is 1. The van der Waals surface area contributed by atoms with Crippen LogP contribution < -0.4 is 4.74 Å². The molecule has 0 aliphatic rings. The largest absolute Gasteiger partial charge is 0.494 e. The van der Waals surface area contributed by atoms with E-state index in [4.69, 9.17) is 39.5 Å². The average Bonchev–Trinajstić information content (AvgIpc) is 2.73. The molecule has 0 unspecified atom stereocenters. The van der Waals surface area contributed by atoms with Crippen molar-refractivity contribution >= 4 is 51.4 Å². The van der Waals surface area contributed by atoms with Gasteiger partial charge in [-0.2, -0.15) is 10.2 Å². The molecule has 162 valence electrons. The summed E-state index contributed by atoms with van der Waals surface area (Å²) >= 11 is 17.2. The minimum atomic E-state index is -0.225. The van der Waals surface area contributed by atoms with Gasteiger partial charge in [0.2, 0.25) is 5.24 Å². The van der Waals surface area contributed by atoms with Gasteiger partial charge in [-0.25, -0.2) is 0 Å². The highest BCUT2D eigenvalue weighted by molar-refractivity contribution is 6.63. The average molecular weight is 470 g/mol. The third-order valence-electron chi connectivity index (χ3n) is 4.56. The number of nitrogens with zero attached hydrogens (tertiary/aromatic N) is 2. The number of halogens is 3. The first-order valence-corrected chi connectivity index (χ1v) is 11.5. The molecule has 0 bridgehead atoms. The van der Waals surface area contributed by atoms with Crippen molar-refractivity contribution < 1.29 is 9.53 Å². The summed E-state index contributed by atoms with van der Waals surface area (Å²) in [7, 11) is 0. The Morgan fingerprint density at radius 2 is 1.30 bits per heavy atom. The van der Waals surface area contributed by atoms with Crippen molar-refractivity contribution in [1.82, 2.24) is 0 Å². The molecule has 0 aromatic heterocycles. The Balaban J connectivity index is 1.56. The van der Waals surface area contributed by atoms with Crippen LogP contribution in [-0.4, -0.2) is 11.8 Å². The van der Waals surface area contributed by atoms with Crippen LogP contribution in [0.1, 0.15) is 57.8 Å². The van der Waals surface area contributed by atoms with Gasteiger partial charge in [0.05, 0.1) is 28.0 Å². The van der Waals surface area contributed by atoms with Crippen LogP contribution in [0.15, 0.2) is 52.7 Å². The summed E-state index contributed by atoms with van der Waals surface area (Å²) in [4.78, 5) is 10.6. The van der Waals surface area contributed by atoms with Gasteiger partial charge in [0.25, 0.3) is 0 Å². The van der Waals surface area contributed by atoms with E-state index >= 15 is 0 Å². The maximum atomic E-state index is 10.6. The quantitative estimate of drug-likeness (QED) is 0.157. The van der Waals surface area contributed by atoms with Crippen molar-refractivity contribution in [1.29, 1.82) is 0 Å². The molecule has 0 aliphatic heterocycles. The van der Waals surface area contributed by atoms with Crippen LogP contribution in [0, 0.1) is 0 Å². The number of carbonyl (C=O) groups is 1. The number of rotatable bonds is 14. The van der Waals surface area contributed by atoms with Gasteiger partial charge in [-0.05, 0) is 66.9 Å². The SMILES string of the molecule is O=C(Cl)CCCCCCCCCCOc1ccc(N=Nc2ccc(Cl)c(Cl)c2)cc1. The Hall–Kier alpha value is -1.62. The minimum Gasteiger partial charge on any atom is -0.494 e. The Morgan fingerprint density at radius 1 is 0.733 bits per heavy atom. The van der Waals surface area contributed by atoms with Crippen LogP contribution in [0.3, 0.4) is 0 Å². The Morgan fingerprint density at radius 3 is 1.93 bits per heavy atom. The minimum absolute atomic E-state index is 0.225. The number of carbonyl (C=O) groups excluding carboxylic acids is 1. The first-order chi connectivity index (χ1) is 14.5. The van der Waals surface area contributed by atoms with E-state index in [2.05, 4.69) is 10.2 Å². The van der Waals surface area contributed by atoms with Crippen LogP contribution in [0.5, 0.6) is 5.75 Å². The molecule has 30 heavy (non-hydrogen) atoms. The van der Waals surface area contributed by atoms with Crippen molar-refractivity contribution in [3.8, 4) is 5.75 Å². The summed E-state index contributed by atoms with van der Waals surface area (Å²) in [6.07, 6.45) is 9.54. The zero-order valence-corrected chi connectivity index (χ0v) is 19.2. The van der Waals surface area contributed by atoms with E-state index < -0.39 is 0 Å². The zero-order chi connectivity index (χ0) is 21.6. The van der Waals surface area contributed by atoms with Gasteiger partial charge in [-0.1, -0.05) is 61.7 Å². The molecule has 0 fully saturated rings. The van der Waals surface area contributed by atoms with Gasteiger partial charge in [0, 0.05) is 6.42 Å². The van der Waals surface area contributed by atoms with Gasteiger partial charge < -0.3 is 4.74 Å². The Bertz CT molecular complexity index is 811. The monoisotopic (exact) mass is 468 g/mol. The molecule has 0 aliphatic carbocycles. The normalized spacial score (nSPS) is 11.2. The molecule has 0 saturated heterocycles. The summed E-state index contributed by atoms with van der Waals surface area (Å²) < 4.78 is 5.79. The van der Waals surface area contributed by atoms with E-state index in [1.807, 2.05) is 24.3 Å². The second-order valence-electron chi connectivity index (χ2n) is 7.07. The summed E-state index contributed by atoms with van der Waals surface area (Å²) in [5, 5.41) is 9.09. The fourth-order valence-corrected chi connectivity index (χ4v) is 3.31. The fraction of sp³-hybridized carbons (Fsp3) is 0.435. The molecule has 0 N–H and O–H groups in total. The standard InChI is InChI=1S/C23H27Cl3N2O2/c24-21-15-12-19(17-22(21)25)28-27-18-10-13-20(14-11-18)30-16-8-6-4-2-1-3-5-7-9-23(26)29/h10-15,17H,1-9,16H2. The number of unbranched alkanes of at least 4 members (excludes halogenated alkanes) is 7. The number of hydrogen-bond acceptors (Lipinski definition) is 4. The van der Waals surface area contributed by atoms with Crippen molar-refractivity contribution in [3.63, 3.8) is 0 Å². The molecule has 0 spiro atoms. The smallest absolute Gasteiger partial charge is 0.221 e. The molecular formula is C23H27Cl3N2O2. The first-order valence-electron chi connectivity index (χ1n) is 10.3. The summed E-state index contributed by atoms with van der Waals surface area (Å²) in [5.41, 5.74) is 1.39. The first kappa shape index (κ1) is 24.6. The van der Waals surface area contributed by atoms with E-state index in [0.29, 0.717) is 28.8 Å². The molecule has 2 rings (SSSR count). The van der Waals surface area contributed by atoms with E-state index in [1.54, 1.807) is 18.2 Å². The van der Waals surface area contributed by atoms with Crippen LogP contribution >= 0.6 is 34.8 Å². The van der Waals surface area contributed by atoms with E-state index in [0.717, 1.165) is 37.1 Å². The summed E-state index contributed by atoms with van der Waals surface area (Å²) in [5.74, 6) is 0.831. The Labute approximate surface area is 193 Å². The van der Waals surface area contributed by atoms with Gasteiger partial charge in [0.15, 0.2) is 0 Å². The predicted octanol–water partition coefficient (Wildman–Crippen LogP) is 9.06. The molecule has 7 heteroatoms. The molecule has 4 nitrogen and oxygen atoms in total. The molecule has 0 atom stereocenters. The van der Waals surface area contributed by atoms with Crippen LogP contribution in [-0.2, 0) is 4.79 Å². The molecule has 2 aromatic carbocycles. The molecule has 2 aromatic rings. The maximum absolute atomic E-state index is 10.6.